The van der Waals surface area contributed by atoms with Crippen molar-refractivity contribution in [3.63, 3.8) is 0 Å². The van der Waals surface area contributed by atoms with E-state index in [1.807, 2.05) is 24.3 Å². The summed E-state index contributed by atoms with van der Waals surface area (Å²) < 4.78 is 0. The Kier molecular flexibility index (Phi) is 6.05. The average molecular weight is 367 g/mol. The Morgan fingerprint density at radius 3 is 2.77 bits per heavy atom. The van der Waals surface area contributed by atoms with E-state index in [1.165, 1.54) is 35.3 Å². The van der Waals surface area contributed by atoms with Gasteiger partial charge in [0, 0.05) is 5.38 Å². The highest BCUT2D eigenvalue weighted by Crippen LogP contribution is 2.27. The molecule has 1 aromatic heterocycles. The number of allylic oxidation sites excluding steroid dienone is 2. The second kappa shape index (κ2) is 8.65. The molecule has 1 atom stereocenters. The van der Waals surface area contributed by atoms with E-state index in [2.05, 4.69) is 27.6 Å². The van der Waals surface area contributed by atoms with Crippen LogP contribution in [0.25, 0.3) is 5.57 Å². The van der Waals surface area contributed by atoms with Gasteiger partial charge in [-0.25, -0.2) is 9.78 Å². The molecule has 1 aliphatic rings. The van der Waals surface area contributed by atoms with E-state index in [-0.39, 0.29) is 6.61 Å². The molecule has 2 amide bonds. The monoisotopic (exact) mass is 367 g/mol. The van der Waals surface area contributed by atoms with Crippen molar-refractivity contribution in [1.29, 1.82) is 0 Å². The number of urea groups is 1. The Labute approximate surface area is 157 Å². The van der Waals surface area contributed by atoms with Crippen molar-refractivity contribution in [2.24, 2.45) is 0 Å². The van der Waals surface area contributed by atoms with E-state index in [4.69, 9.17) is 6.42 Å². The number of hydrogen-bond acceptors (Lipinski definition) is 4. The first-order valence-corrected chi connectivity index (χ1v) is 9.47. The molecule has 0 radical (unpaired) electrons. The van der Waals surface area contributed by atoms with Crippen molar-refractivity contribution in [3.8, 4) is 12.3 Å². The number of aromatic nitrogens is 1. The minimum atomic E-state index is -0.491. The molecule has 1 aliphatic carbocycles. The Morgan fingerprint density at radius 2 is 2.15 bits per heavy atom. The first-order chi connectivity index (χ1) is 12.7. The number of nitrogens with one attached hydrogen (secondary N) is 2. The lowest BCUT2D eigenvalue weighted by atomic mass is 9.92. The molecule has 134 valence electrons. The van der Waals surface area contributed by atoms with Crippen molar-refractivity contribution in [3.05, 3.63) is 51.9 Å². The Bertz CT molecular complexity index is 833. The molecule has 3 rings (SSSR count). The lowest BCUT2D eigenvalue weighted by Crippen LogP contribution is -2.34. The number of hydrogen-bond donors (Lipinski definition) is 3. The molecule has 0 saturated carbocycles. The number of nitrogens with zero attached hydrogens (tertiary/aromatic N) is 1. The molecule has 0 spiro atoms. The maximum Gasteiger partial charge on any atom is 0.320 e. The van der Waals surface area contributed by atoms with Crippen molar-refractivity contribution in [2.75, 3.05) is 11.9 Å². The van der Waals surface area contributed by atoms with Crippen LogP contribution in [0.1, 0.15) is 47.9 Å². The number of rotatable bonds is 5. The molecule has 0 fully saturated rings. The van der Waals surface area contributed by atoms with Gasteiger partial charge in [-0.3, -0.25) is 5.32 Å². The van der Waals surface area contributed by atoms with Gasteiger partial charge in [0.1, 0.15) is 5.82 Å². The minimum Gasteiger partial charge on any atom is -0.394 e. The number of thiazole rings is 1. The van der Waals surface area contributed by atoms with Gasteiger partial charge in [0.15, 0.2) is 5.01 Å². The van der Waals surface area contributed by atoms with E-state index < -0.39 is 12.1 Å². The molecular formula is C20H21N3O2S. The summed E-state index contributed by atoms with van der Waals surface area (Å²) in [5, 5.41) is 17.2. The zero-order chi connectivity index (χ0) is 18.4. The van der Waals surface area contributed by atoms with Crippen LogP contribution in [0.5, 0.6) is 0 Å². The second-order valence-electron chi connectivity index (χ2n) is 6.11. The van der Waals surface area contributed by atoms with Crippen molar-refractivity contribution < 1.29 is 9.90 Å². The van der Waals surface area contributed by atoms with Gasteiger partial charge < -0.3 is 10.4 Å². The van der Waals surface area contributed by atoms with Crippen LogP contribution in [0, 0.1) is 12.3 Å². The molecular weight excluding hydrogens is 346 g/mol. The molecule has 0 saturated heterocycles. The van der Waals surface area contributed by atoms with Crippen molar-refractivity contribution in [1.82, 2.24) is 10.3 Å². The zero-order valence-corrected chi connectivity index (χ0v) is 15.2. The van der Waals surface area contributed by atoms with Gasteiger partial charge in [0.25, 0.3) is 0 Å². The molecule has 0 aliphatic heterocycles. The molecule has 3 N–H and O–H groups in total. The molecule has 1 unspecified atom stereocenters. The largest absolute Gasteiger partial charge is 0.394 e. The fraction of sp³-hybridized carbons (Fsp3) is 0.300. The normalized spacial score (nSPS) is 14.8. The highest BCUT2D eigenvalue weighted by Gasteiger charge is 2.15. The predicted octanol–water partition coefficient (Wildman–Crippen LogP) is 3.94. The van der Waals surface area contributed by atoms with E-state index in [9.17, 15) is 9.90 Å². The number of aliphatic hydroxyl groups excluding tert-OH is 1. The van der Waals surface area contributed by atoms with E-state index in [1.54, 1.807) is 5.38 Å². The van der Waals surface area contributed by atoms with Gasteiger partial charge >= 0.3 is 6.03 Å². The topological polar surface area (TPSA) is 74.2 Å². The van der Waals surface area contributed by atoms with E-state index in [0.29, 0.717) is 10.8 Å². The summed E-state index contributed by atoms with van der Waals surface area (Å²) in [6.07, 6.45) is 12.3. The Balaban J connectivity index is 1.63. The van der Waals surface area contributed by atoms with Crippen molar-refractivity contribution in [2.45, 2.75) is 31.7 Å². The number of amides is 2. The van der Waals surface area contributed by atoms with Gasteiger partial charge in [-0.1, -0.05) is 30.3 Å². The lowest BCUT2D eigenvalue weighted by molar-refractivity contribution is 0.225. The van der Waals surface area contributed by atoms with Crippen LogP contribution in [0.15, 0.2) is 35.7 Å². The molecule has 1 heterocycles. The van der Waals surface area contributed by atoms with Crippen LogP contribution in [-0.2, 0) is 0 Å². The molecule has 2 aromatic rings. The highest BCUT2D eigenvalue weighted by molar-refractivity contribution is 7.10. The minimum absolute atomic E-state index is 0.192. The SMILES string of the molecule is C#Cc1nc(NC(=O)NC(CO)c2ccc(C3=CCCCC3)cc2)cs1. The summed E-state index contributed by atoms with van der Waals surface area (Å²) in [6, 6.07) is 7.08. The van der Waals surface area contributed by atoms with Crippen LogP contribution in [0.2, 0.25) is 0 Å². The van der Waals surface area contributed by atoms with Gasteiger partial charge in [-0.05, 0) is 48.3 Å². The lowest BCUT2D eigenvalue weighted by Gasteiger charge is -2.18. The molecule has 0 bridgehead atoms. The fourth-order valence-electron chi connectivity index (χ4n) is 2.97. The number of terminal acetylenes is 1. The Morgan fingerprint density at radius 1 is 1.35 bits per heavy atom. The standard InChI is InChI=1S/C20H21N3O2S/c1-2-19-22-18(13-26-19)23-20(25)21-17(12-24)16-10-8-15(9-11-16)14-6-4-3-5-7-14/h1,6,8-11,13,17,24H,3-5,7,12H2,(H2,21,23,25). The third-order valence-corrected chi connectivity index (χ3v) is 5.11. The molecule has 6 heteroatoms. The van der Waals surface area contributed by atoms with Crippen LogP contribution < -0.4 is 10.6 Å². The van der Waals surface area contributed by atoms with Crippen LogP contribution in [0.4, 0.5) is 10.6 Å². The third kappa shape index (κ3) is 4.51. The summed E-state index contributed by atoms with van der Waals surface area (Å²) in [7, 11) is 0. The number of carbonyl (C=O) groups excluding carboxylic acids is 1. The van der Waals surface area contributed by atoms with Gasteiger partial charge in [0.2, 0.25) is 0 Å². The number of benzene rings is 1. The Hall–Kier alpha value is -2.62. The average Bonchev–Trinajstić information content (AvgIpc) is 3.14. The number of carbonyl (C=O) groups is 1. The van der Waals surface area contributed by atoms with Gasteiger partial charge in [-0.2, -0.15) is 0 Å². The second-order valence-corrected chi connectivity index (χ2v) is 6.97. The quantitative estimate of drug-likeness (QED) is 0.701. The van der Waals surface area contributed by atoms with E-state index >= 15 is 0 Å². The first kappa shape index (κ1) is 18.2. The number of anilines is 1. The summed E-state index contributed by atoms with van der Waals surface area (Å²) >= 11 is 1.28. The van der Waals surface area contributed by atoms with Crippen LogP contribution >= 0.6 is 11.3 Å². The summed E-state index contributed by atoms with van der Waals surface area (Å²) in [6.45, 7) is -0.192. The summed E-state index contributed by atoms with van der Waals surface area (Å²) in [5.41, 5.74) is 3.44. The molecule has 5 nitrogen and oxygen atoms in total. The number of aliphatic hydroxyl groups is 1. The fourth-order valence-corrected chi connectivity index (χ4v) is 3.53. The predicted molar refractivity (Wildman–Crippen MR) is 105 cm³/mol. The highest BCUT2D eigenvalue weighted by atomic mass is 32.1. The first-order valence-electron chi connectivity index (χ1n) is 8.59. The third-order valence-electron chi connectivity index (χ3n) is 4.33. The van der Waals surface area contributed by atoms with Gasteiger partial charge in [0.05, 0.1) is 12.6 Å². The summed E-state index contributed by atoms with van der Waals surface area (Å²) in [5.74, 6) is 2.82. The zero-order valence-electron chi connectivity index (χ0n) is 14.4. The van der Waals surface area contributed by atoms with Crippen LogP contribution in [-0.4, -0.2) is 22.7 Å². The van der Waals surface area contributed by atoms with Crippen molar-refractivity contribution >= 4 is 28.8 Å². The summed E-state index contributed by atoms with van der Waals surface area (Å²) in [4.78, 5) is 16.2. The van der Waals surface area contributed by atoms with Gasteiger partial charge in [-0.15, -0.1) is 17.8 Å². The maximum atomic E-state index is 12.1. The van der Waals surface area contributed by atoms with E-state index in [0.717, 1.165) is 18.4 Å². The smallest absolute Gasteiger partial charge is 0.320 e. The molecule has 26 heavy (non-hydrogen) atoms. The van der Waals surface area contributed by atoms with Crippen LogP contribution in [0.3, 0.4) is 0 Å². The maximum absolute atomic E-state index is 12.1. The molecule has 1 aromatic carbocycles.